The zero-order valence-corrected chi connectivity index (χ0v) is 19.9. The number of halogens is 1. The molecule has 3 aliphatic heterocycles. The molecule has 0 aromatic heterocycles. The van der Waals surface area contributed by atoms with Gasteiger partial charge < -0.3 is 14.4 Å². The van der Waals surface area contributed by atoms with Crippen LogP contribution in [-0.4, -0.2) is 56.4 Å². The summed E-state index contributed by atoms with van der Waals surface area (Å²) in [7, 11) is -3.75. The maximum Gasteiger partial charge on any atom is 0.254 e. The van der Waals surface area contributed by atoms with Crippen molar-refractivity contribution < 1.29 is 22.7 Å². The number of fused-ring (bicyclic) bond motifs is 1. The summed E-state index contributed by atoms with van der Waals surface area (Å²) >= 11 is 6.30. The van der Waals surface area contributed by atoms with Crippen molar-refractivity contribution in [3.8, 4) is 11.5 Å². The lowest BCUT2D eigenvalue weighted by Crippen LogP contribution is -2.36. The molecular formula is C24H27ClN2O5S. The molecule has 0 radical (unpaired) electrons. The van der Waals surface area contributed by atoms with E-state index in [1.54, 1.807) is 6.07 Å². The van der Waals surface area contributed by atoms with Gasteiger partial charge in [-0.1, -0.05) is 24.1 Å². The van der Waals surface area contributed by atoms with Gasteiger partial charge in [0.2, 0.25) is 10.0 Å². The highest BCUT2D eigenvalue weighted by molar-refractivity contribution is 7.89. The maximum atomic E-state index is 13.5. The van der Waals surface area contributed by atoms with Crippen molar-refractivity contribution in [1.29, 1.82) is 0 Å². The van der Waals surface area contributed by atoms with E-state index in [1.165, 1.54) is 16.4 Å². The van der Waals surface area contributed by atoms with Gasteiger partial charge in [0, 0.05) is 25.2 Å². The van der Waals surface area contributed by atoms with E-state index in [4.69, 9.17) is 21.1 Å². The fraction of sp³-hybridized carbons (Fsp3) is 0.458. The molecule has 1 atom stereocenters. The number of benzene rings is 2. The molecule has 5 rings (SSSR count). The van der Waals surface area contributed by atoms with Crippen LogP contribution in [0.3, 0.4) is 0 Å². The molecule has 1 unspecified atom stereocenters. The summed E-state index contributed by atoms with van der Waals surface area (Å²) in [4.78, 5) is 15.3. The first-order chi connectivity index (χ1) is 15.9. The second-order valence-electron chi connectivity index (χ2n) is 8.67. The number of hydrogen-bond acceptors (Lipinski definition) is 5. The van der Waals surface area contributed by atoms with E-state index in [-0.39, 0.29) is 21.9 Å². The number of nitrogens with zero attached hydrogens (tertiary/aromatic N) is 2. The third kappa shape index (κ3) is 4.32. The number of carbonyl (C=O) groups excluding carboxylic acids is 1. The third-order valence-corrected chi connectivity index (χ3v) is 8.96. The van der Waals surface area contributed by atoms with E-state index in [0.717, 1.165) is 37.7 Å². The molecule has 2 aromatic carbocycles. The first kappa shape index (κ1) is 22.5. The van der Waals surface area contributed by atoms with E-state index in [2.05, 4.69) is 0 Å². The largest absolute Gasteiger partial charge is 0.486 e. The number of rotatable bonds is 4. The van der Waals surface area contributed by atoms with Crippen molar-refractivity contribution in [2.24, 2.45) is 0 Å². The summed E-state index contributed by atoms with van der Waals surface area (Å²) in [5.74, 6) is 1.21. The lowest BCUT2D eigenvalue weighted by molar-refractivity contribution is 0.0735. The fourth-order valence-corrected chi connectivity index (χ4v) is 6.89. The van der Waals surface area contributed by atoms with E-state index in [1.807, 2.05) is 23.1 Å². The summed E-state index contributed by atoms with van der Waals surface area (Å²) in [6.45, 7) is 2.60. The van der Waals surface area contributed by atoms with Gasteiger partial charge in [0.05, 0.1) is 11.1 Å². The number of amides is 1. The highest BCUT2D eigenvalue weighted by Gasteiger charge is 2.33. The van der Waals surface area contributed by atoms with Crippen LogP contribution in [0.25, 0.3) is 0 Å². The minimum absolute atomic E-state index is 0.00648. The van der Waals surface area contributed by atoms with Gasteiger partial charge in [0.15, 0.2) is 11.5 Å². The highest BCUT2D eigenvalue weighted by atomic mass is 35.5. The Morgan fingerprint density at radius 2 is 1.67 bits per heavy atom. The Bertz CT molecular complexity index is 1160. The van der Waals surface area contributed by atoms with Crippen LogP contribution in [0.5, 0.6) is 11.5 Å². The lowest BCUT2D eigenvalue weighted by atomic mass is 10.0. The van der Waals surface area contributed by atoms with E-state index in [9.17, 15) is 13.2 Å². The monoisotopic (exact) mass is 490 g/mol. The van der Waals surface area contributed by atoms with Crippen molar-refractivity contribution in [2.75, 3.05) is 32.8 Å². The Labute approximate surface area is 199 Å². The number of carbonyl (C=O) groups is 1. The minimum Gasteiger partial charge on any atom is -0.486 e. The molecule has 0 spiro atoms. The molecule has 2 saturated heterocycles. The third-order valence-electron chi connectivity index (χ3n) is 6.58. The van der Waals surface area contributed by atoms with Crippen LogP contribution in [0, 0.1) is 0 Å². The van der Waals surface area contributed by atoms with Gasteiger partial charge in [0.1, 0.15) is 18.1 Å². The van der Waals surface area contributed by atoms with Crippen LogP contribution >= 0.6 is 11.6 Å². The molecular weight excluding hydrogens is 464 g/mol. The molecule has 0 aliphatic carbocycles. The molecule has 0 N–H and O–H groups in total. The second kappa shape index (κ2) is 9.16. The van der Waals surface area contributed by atoms with Gasteiger partial charge in [-0.05, 0) is 61.6 Å². The van der Waals surface area contributed by atoms with Crippen molar-refractivity contribution in [2.45, 2.75) is 43.0 Å². The minimum atomic E-state index is -3.75. The summed E-state index contributed by atoms with van der Waals surface area (Å²) in [5, 5.41) is 0.141. The average molecular weight is 491 g/mol. The van der Waals surface area contributed by atoms with Gasteiger partial charge in [0.25, 0.3) is 5.91 Å². The molecule has 33 heavy (non-hydrogen) atoms. The van der Waals surface area contributed by atoms with E-state index in [0.29, 0.717) is 49.9 Å². The van der Waals surface area contributed by atoms with Crippen molar-refractivity contribution >= 4 is 27.5 Å². The average Bonchev–Trinajstić information content (AvgIpc) is 3.34. The Kier molecular flexibility index (Phi) is 6.24. The zero-order valence-electron chi connectivity index (χ0n) is 18.3. The number of hydrogen-bond donors (Lipinski definition) is 0. The smallest absolute Gasteiger partial charge is 0.254 e. The SMILES string of the molecule is O=C(c1ccc(Cl)c(S(=O)(=O)N2CCCCC2)c1)N1CCCC1c1ccc2c(c1)OCCO2. The number of likely N-dealkylation sites (tertiary alicyclic amines) is 1. The molecule has 1 amide bonds. The van der Waals surface area contributed by atoms with Crippen LogP contribution in [0.4, 0.5) is 0 Å². The van der Waals surface area contributed by atoms with Crippen LogP contribution in [0.1, 0.15) is 54.1 Å². The van der Waals surface area contributed by atoms with Crippen molar-refractivity contribution in [3.63, 3.8) is 0 Å². The number of sulfonamides is 1. The molecule has 7 nitrogen and oxygen atoms in total. The van der Waals surface area contributed by atoms with Crippen molar-refractivity contribution in [3.05, 3.63) is 52.5 Å². The Morgan fingerprint density at radius 1 is 0.909 bits per heavy atom. The molecule has 0 bridgehead atoms. The van der Waals surface area contributed by atoms with Crippen LogP contribution < -0.4 is 9.47 Å². The second-order valence-corrected chi connectivity index (χ2v) is 11.0. The quantitative estimate of drug-likeness (QED) is 0.640. The van der Waals surface area contributed by atoms with Crippen LogP contribution in [0.2, 0.25) is 5.02 Å². The number of piperidine rings is 1. The summed E-state index contributed by atoms with van der Waals surface area (Å²) < 4.78 is 39.2. The summed E-state index contributed by atoms with van der Waals surface area (Å²) in [6, 6.07) is 10.3. The van der Waals surface area contributed by atoms with Crippen molar-refractivity contribution in [1.82, 2.24) is 9.21 Å². The molecule has 0 saturated carbocycles. The van der Waals surface area contributed by atoms with E-state index >= 15 is 0 Å². The molecule has 3 heterocycles. The first-order valence-corrected chi connectivity index (χ1v) is 13.3. The molecule has 9 heteroatoms. The Hall–Kier alpha value is -2.29. The Balaban J connectivity index is 1.42. The first-order valence-electron chi connectivity index (χ1n) is 11.5. The zero-order chi connectivity index (χ0) is 23.0. The summed E-state index contributed by atoms with van der Waals surface area (Å²) in [6.07, 6.45) is 4.39. The van der Waals surface area contributed by atoms with E-state index < -0.39 is 10.0 Å². The predicted molar refractivity (Wildman–Crippen MR) is 125 cm³/mol. The van der Waals surface area contributed by atoms with Gasteiger partial charge in [-0.15, -0.1) is 0 Å². The molecule has 3 aliphatic rings. The highest BCUT2D eigenvalue weighted by Crippen LogP contribution is 2.39. The number of ether oxygens (including phenoxy) is 2. The predicted octanol–water partition coefficient (Wildman–Crippen LogP) is 4.26. The van der Waals surface area contributed by atoms with Gasteiger partial charge in [-0.25, -0.2) is 8.42 Å². The molecule has 2 aromatic rings. The molecule has 176 valence electrons. The fourth-order valence-electron chi connectivity index (χ4n) is 4.87. The lowest BCUT2D eigenvalue weighted by Gasteiger charge is -2.28. The van der Waals surface area contributed by atoms with Gasteiger partial charge >= 0.3 is 0 Å². The maximum absolute atomic E-state index is 13.5. The van der Waals surface area contributed by atoms with Gasteiger partial charge in [-0.2, -0.15) is 4.31 Å². The summed E-state index contributed by atoms with van der Waals surface area (Å²) in [5.41, 5.74) is 1.32. The Morgan fingerprint density at radius 3 is 2.45 bits per heavy atom. The normalized spacial score (nSPS) is 21.2. The standard InChI is InChI=1S/C24H27ClN2O5S/c25-19-8-6-18(16-23(19)33(29,30)26-10-2-1-3-11-26)24(28)27-12-4-5-20(27)17-7-9-21-22(15-17)32-14-13-31-21/h6-9,15-16,20H,1-5,10-14H2. The van der Waals surface area contributed by atoms with Gasteiger partial charge in [-0.3, -0.25) is 4.79 Å². The molecule has 2 fully saturated rings. The topological polar surface area (TPSA) is 76.2 Å². The van der Waals surface area contributed by atoms with Crippen LogP contribution in [0.15, 0.2) is 41.3 Å². The van der Waals surface area contributed by atoms with Crippen LogP contribution in [-0.2, 0) is 10.0 Å².